The van der Waals surface area contributed by atoms with Gasteiger partial charge in [0.2, 0.25) is 5.91 Å². The van der Waals surface area contributed by atoms with Crippen LogP contribution in [0.4, 0.5) is 5.69 Å². The summed E-state index contributed by atoms with van der Waals surface area (Å²) in [6.07, 6.45) is 7.02. The van der Waals surface area contributed by atoms with Gasteiger partial charge in [0.1, 0.15) is 0 Å². The maximum Gasteiger partial charge on any atom is 0.225 e. The number of hydrogen-bond donors (Lipinski definition) is 1. The number of piperazine rings is 1. The lowest BCUT2D eigenvalue weighted by molar-refractivity contribution is -0.137. The Morgan fingerprint density at radius 2 is 1.78 bits per heavy atom. The summed E-state index contributed by atoms with van der Waals surface area (Å²) in [6.45, 7) is 3.78. The number of nitrogen functional groups attached to an aromatic ring is 1. The van der Waals surface area contributed by atoms with E-state index in [1.807, 2.05) is 6.07 Å². The Morgan fingerprint density at radius 3 is 2.52 bits per heavy atom. The molecule has 3 aliphatic rings. The summed E-state index contributed by atoms with van der Waals surface area (Å²) >= 11 is 0. The molecule has 1 aromatic rings. The molecule has 1 saturated heterocycles. The Bertz CT molecular complexity index is 586. The van der Waals surface area contributed by atoms with E-state index in [9.17, 15) is 4.79 Å². The van der Waals surface area contributed by atoms with Crippen LogP contribution in [0.5, 0.6) is 0 Å². The van der Waals surface area contributed by atoms with Gasteiger partial charge in [-0.15, -0.1) is 0 Å². The summed E-state index contributed by atoms with van der Waals surface area (Å²) in [5, 5.41) is 0. The van der Waals surface area contributed by atoms with Crippen LogP contribution >= 0.6 is 0 Å². The first kappa shape index (κ1) is 15.0. The first-order valence-corrected chi connectivity index (χ1v) is 9.13. The molecule has 23 heavy (non-hydrogen) atoms. The van der Waals surface area contributed by atoms with E-state index in [1.54, 1.807) is 0 Å². The molecule has 124 valence electrons. The maximum absolute atomic E-state index is 12.6. The Kier molecular flexibility index (Phi) is 4.02. The molecule has 4 nitrogen and oxygen atoms in total. The lowest BCUT2D eigenvalue weighted by atomic mass is 10.0. The summed E-state index contributed by atoms with van der Waals surface area (Å²) in [5.41, 5.74) is 9.72. The second-order valence-electron chi connectivity index (χ2n) is 7.36. The summed E-state index contributed by atoms with van der Waals surface area (Å²) in [5.74, 6) is 0.728. The first-order chi connectivity index (χ1) is 11.2. The van der Waals surface area contributed by atoms with Gasteiger partial charge >= 0.3 is 0 Å². The van der Waals surface area contributed by atoms with E-state index in [0.717, 1.165) is 51.1 Å². The molecule has 0 radical (unpaired) electrons. The number of carbonyl (C=O) groups excluding carboxylic acids is 1. The molecule has 1 unspecified atom stereocenters. The quantitative estimate of drug-likeness (QED) is 0.854. The maximum atomic E-state index is 12.6. The van der Waals surface area contributed by atoms with Gasteiger partial charge < -0.3 is 10.6 Å². The van der Waals surface area contributed by atoms with Crippen LogP contribution in [0.25, 0.3) is 0 Å². The number of rotatable bonds is 2. The molecule has 1 atom stereocenters. The molecule has 1 aliphatic heterocycles. The fraction of sp³-hybridized carbons (Fsp3) is 0.632. The summed E-state index contributed by atoms with van der Waals surface area (Å²) in [6, 6.07) is 6.85. The van der Waals surface area contributed by atoms with Crippen molar-refractivity contribution in [2.45, 2.75) is 44.6 Å². The van der Waals surface area contributed by atoms with Crippen molar-refractivity contribution in [3.63, 3.8) is 0 Å². The minimum atomic E-state index is 0.313. The van der Waals surface area contributed by atoms with Crippen LogP contribution in [0.1, 0.15) is 49.3 Å². The zero-order chi connectivity index (χ0) is 15.8. The Hall–Kier alpha value is -1.55. The molecule has 4 rings (SSSR count). The standard InChI is InChI=1S/C19H27N3O/c20-16-7-5-14-6-8-18(17(14)13-16)21-9-11-22(12-10-21)19(23)15-3-1-2-4-15/h5,7,13,15,18H,1-4,6,8-12,20H2. The third-order valence-corrected chi connectivity index (χ3v) is 5.99. The van der Waals surface area contributed by atoms with Gasteiger partial charge in [0, 0.05) is 43.8 Å². The Labute approximate surface area is 138 Å². The van der Waals surface area contributed by atoms with Crippen LogP contribution in [0.15, 0.2) is 18.2 Å². The fourth-order valence-electron chi connectivity index (χ4n) is 4.66. The highest BCUT2D eigenvalue weighted by Crippen LogP contribution is 2.37. The van der Waals surface area contributed by atoms with Crippen molar-refractivity contribution in [2.75, 3.05) is 31.9 Å². The van der Waals surface area contributed by atoms with Gasteiger partial charge in [0.15, 0.2) is 0 Å². The van der Waals surface area contributed by atoms with Crippen molar-refractivity contribution in [3.8, 4) is 0 Å². The number of nitrogens with two attached hydrogens (primary N) is 1. The predicted octanol–water partition coefficient (Wildman–Crippen LogP) is 2.59. The van der Waals surface area contributed by atoms with Crippen molar-refractivity contribution in [1.82, 2.24) is 9.80 Å². The number of aryl methyl sites for hydroxylation is 1. The van der Waals surface area contributed by atoms with Crippen molar-refractivity contribution < 1.29 is 4.79 Å². The van der Waals surface area contributed by atoms with E-state index in [4.69, 9.17) is 5.73 Å². The predicted molar refractivity (Wildman–Crippen MR) is 92.0 cm³/mol. The number of hydrogen-bond acceptors (Lipinski definition) is 3. The van der Waals surface area contributed by atoms with Gasteiger partial charge in [-0.05, 0) is 48.9 Å². The van der Waals surface area contributed by atoms with Crippen LogP contribution in [0.3, 0.4) is 0 Å². The smallest absolute Gasteiger partial charge is 0.225 e. The molecule has 2 N–H and O–H groups in total. The summed E-state index contributed by atoms with van der Waals surface area (Å²) in [7, 11) is 0. The minimum absolute atomic E-state index is 0.313. The largest absolute Gasteiger partial charge is 0.399 e. The molecule has 1 aromatic carbocycles. The van der Waals surface area contributed by atoms with Crippen LogP contribution in [-0.2, 0) is 11.2 Å². The Balaban J connectivity index is 1.39. The van der Waals surface area contributed by atoms with Gasteiger partial charge in [-0.1, -0.05) is 18.9 Å². The van der Waals surface area contributed by atoms with E-state index in [2.05, 4.69) is 21.9 Å². The van der Waals surface area contributed by atoms with Crippen molar-refractivity contribution >= 4 is 11.6 Å². The minimum Gasteiger partial charge on any atom is -0.399 e. The van der Waals surface area contributed by atoms with E-state index in [1.165, 1.54) is 30.4 Å². The molecule has 4 heteroatoms. The van der Waals surface area contributed by atoms with E-state index >= 15 is 0 Å². The molecule has 0 bridgehead atoms. The Morgan fingerprint density at radius 1 is 1.04 bits per heavy atom. The molecule has 1 saturated carbocycles. The SMILES string of the molecule is Nc1ccc2c(c1)C(N1CCN(C(=O)C3CCCC3)CC1)CC2. The third-order valence-electron chi connectivity index (χ3n) is 5.99. The number of nitrogens with zero attached hydrogens (tertiary/aromatic N) is 2. The topological polar surface area (TPSA) is 49.6 Å². The summed E-state index contributed by atoms with van der Waals surface area (Å²) in [4.78, 5) is 17.2. The third kappa shape index (κ3) is 2.85. The number of benzene rings is 1. The van der Waals surface area contributed by atoms with E-state index < -0.39 is 0 Å². The molecule has 1 amide bonds. The molecular weight excluding hydrogens is 286 g/mol. The number of fused-ring (bicyclic) bond motifs is 1. The van der Waals surface area contributed by atoms with Crippen LogP contribution < -0.4 is 5.73 Å². The summed E-state index contributed by atoms with van der Waals surface area (Å²) < 4.78 is 0. The van der Waals surface area contributed by atoms with Crippen molar-refractivity contribution in [1.29, 1.82) is 0 Å². The van der Waals surface area contributed by atoms with Crippen LogP contribution in [0, 0.1) is 5.92 Å². The fourth-order valence-corrected chi connectivity index (χ4v) is 4.66. The second kappa shape index (κ2) is 6.16. The van der Waals surface area contributed by atoms with Crippen molar-refractivity contribution in [2.24, 2.45) is 5.92 Å². The van der Waals surface area contributed by atoms with Crippen LogP contribution in [0.2, 0.25) is 0 Å². The monoisotopic (exact) mass is 313 g/mol. The van der Waals surface area contributed by atoms with Gasteiger partial charge in [0.05, 0.1) is 0 Å². The molecule has 1 heterocycles. The van der Waals surface area contributed by atoms with Crippen molar-refractivity contribution in [3.05, 3.63) is 29.3 Å². The second-order valence-corrected chi connectivity index (χ2v) is 7.36. The average Bonchev–Trinajstić information content (AvgIpc) is 3.24. The number of anilines is 1. The molecule has 0 spiro atoms. The lowest BCUT2D eigenvalue weighted by Gasteiger charge is -2.39. The van der Waals surface area contributed by atoms with Gasteiger partial charge in [0.25, 0.3) is 0 Å². The number of carbonyl (C=O) groups is 1. The van der Waals surface area contributed by atoms with Gasteiger partial charge in [-0.25, -0.2) is 0 Å². The normalized spacial score (nSPS) is 25.7. The molecule has 0 aromatic heterocycles. The lowest BCUT2D eigenvalue weighted by Crippen LogP contribution is -2.50. The average molecular weight is 313 g/mol. The van der Waals surface area contributed by atoms with Gasteiger partial charge in [-0.2, -0.15) is 0 Å². The number of amides is 1. The molecule has 2 fully saturated rings. The van der Waals surface area contributed by atoms with Crippen LogP contribution in [-0.4, -0.2) is 41.9 Å². The highest BCUT2D eigenvalue weighted by Gasteiger charge is 2.33. The molecular formula is C19H27N3O. The molecule has 2 aliphatic carbocycles. The van der Waals surface area contributed by atoms with E-state index in [0.29, 0.717) is 17.9 Å². The first-order valence-electron chi connectivity index (χ1n) is 9.13. The van der Waals surface area contributed by atoms with Gasteiger partial charge in [-0.3, -0.25) is 9.69 Å². The highest BCUT2D eigenvalue weighted by atomic mass is 16.2. The zero-order valence-electron chi connectivity index (χ0n) is 13.8. The van der Waals surface area contributed by atoms with E-state index in [-0.39, 0.29) is 0 Å². The highest BCUT2D eigenvalue weighted by molar-refractivity contribution is 5.79. The zero-order valence-corrected chi connectivity index (χ0v) is 13.8.